The Balaban J connectivity index is 2.04. The van der Waals surface area contributed by atoms with Gasteiger partial charge in [0.2, 0.25) is 5.91 Å². The summed E-state index contributed by atoms with van der Waals surface area (Å²) in [6, 6.07) is -0.788. The normalized spacial score (nSPS) is 24.2. The molecule has 1 aliphatic carbocycles. The zero-order chi connectivity index (χ0) is 15.3. The second-order valence-electron chi connectivity index (χ2n) is 6.28. The number of carboxylic acid groups (broad SMARTS) is 1. The fourth-order valence-corrected chi connectivity index (χ4v) is 3.43. The Bertz CT molecular complexity index is 374. The van der Waals surface area contributed by atoms with Gasteiger partial charge in [0.15, 0.2) is 0 Å². The monoisotopic (exact) mass is 298 g/mol. The van der Waals surface area contributed by atoms with Gasteiger partial charge in [0.05, 0.1) is 5.41 Å². The number of ether oxygens (including phenoxy) is 1. The molecule has 120 valence electrons. The van der Waals surface area contributed by atoms with E-state index < -0.39 is 17.4 Å². The fraction of sp³-hybridized carbons (Fsp3) is 0.867. The van der Waals surface area contributed by atoms with Gasteiger partial charge in [-0.15, -0.1) is 0 Å². The maximum atomic E-state index is 12.6. The Morgan fingerprint density at radius 2 is 1.86 bits per heavy atom. The summed E-state index contributed by atoms with van der Waals surface area (Å²) in [6.45, 7) is 1.25. The molecule has 6 heteroatoms. The second kappa shape index (κ2) is 7.22. The predicted octanol–water partition coefficient (Wildman–Crippen LogP) is 0.892. The Morgan fingerprint density at radius 1 is 1.24 bits per heavy atom. The summed E-state index contributed by atoms with van der Waals surface area (Å²) in [5.41, 5.74) is 5.14. The molecule has 0 aromatic carbocycles. The summed E-state index contributed by atoms with van der Waals surface area (Å²) >= 11 is 0. The molecule has 1 atom stereocenters. The van der Waals surface area contributed by atoms with Gasteiger partial charge < -0.3 is 20.9 Å². The molecule has 1 aliphatic heterocycles. The molecule has 0 bridgehead atoms. The molecule has 0 spiro atoms. The molecule has 0 radical (unpaired) electrons. The second-order valence-corrected chi connectivity index (χ2v) is 6.28. The number of nitrogens with two attached hydrogens (primary N) is 1. The van der Waals surface area contributed by atoms with Crippen molar-refractivity contribution in [3.8, 4) is 0 Å². The number of hydrogen-bond donors (Lipinski definition) is 3. The lowest BCUT2D eigenvalue weighted by atomic mass is 9.78. The molecule has 2 rings (SSSR count). The van der Waals surface area contributed by atoms with Crippen LogP contribution in [0.5, 0.6) is 0 Å². The summed E-state index contributed by atoms with van der Waals surface area (Å²) < 4.78 is 5.29. The lowest BCUT2D eigenvalue weighted by molar-refractivity contribution is -0.147. The van der Waals surface area contributed by atoms with Crippen molar-refractivity contribution in [3.05, 3.63) is 0 Å². The van der Waals surface area contributed by atoms with E-state index in [1.54, 1.807) is 0 Å². The molecular weight excluding hydrogens is 272 g/mol. The van der Waals surface area contributed by atoms with Gasteiger partial charge in [-0.1, -0.05) is 19.3 Å². The van der Waals surface area contributed by atoms with Crippen LogP contribution in [0.3, 0.4) is 0 Å². The highest BCUT2D eigenvalue weighted by atomic mass is 16.5. The van der Waals surface area contributed by atoms with E-state index in [0.717, 1.165) is 32.1 Å². The number of carbonyl (C=O) groups is 2. The predicted molar refractivity (Wildman–Crippen MR) is 77.7 cm³/mol. The number of carboxylic acids is 1. The lowest BCUT2D eigenvalue weighted by Crippen LogP contribution is -2.55. The van der Waals surface area contributed by atoms with E-state index in [1.165, 1.54) is 0 Å². The van der Waals surface area contributed by atoms with E-state index in [9.17, 15) is 14.7 Å². The van der Waals surface area contributed by atoms with Crippen LogP contribution < -0.4 is 11.1 Å². The minimum atomic E-state index is -0.936. The third-order valence-electron chi connectivity index (χ3n) is 5.00. The zero-order valence-corrected chi connectivity index (χ0v) is 12.5. The van der Waals surface area contributed by atoms with Crippen LogP contribution in [-0.4, -0.2) is 42.8 Å². The van der Waals surface area contributed by atoms with Gasteiger partial charge in [-0.25, -0.2) is 4.79 Å². The van der Waals surface area contributed by atoms with Gasteiger partial charge in [-0.2, -0.15) is 0 Å². The highest BCUT2D eigenvalue weighted by molar-refractivity contribution is 5.88. The van der Waals surface area contributed by atoms with Crippen LogP contribution in [0.4, 0.5) is 0 Å². The van der Waals surface area contributed by atoms with E-state index in [4.69, 9.17) is 10.5 Å². The Morgan fingerprint density at radius 3 is 2.38 bits per heavy atom. The average Bonchev–Trinajstić information content (AvgIpc) is 2.53. The van der Waals surface area contributed by atoms with E-state index in [-0.39, 0.29) is 18.4 Å². The van der Waals surface area contributed by atoms with Gasteiger partial charge in [0.25, 0.3) is 0 Å². The molecule has 6 nitrogen and oxygen atoms in total. The number of amides is 1. The number of aliphatic carboxylic acids is 1. The maximum Gasteiger partial charge on any atom is 0.326 e. The van der Waals surface area contributed by atoms with Crippen LogP contribution in [0.15, 0.2) is 0 Å². The van der Waals surface area contributed by atoms with Gasteiger partial charge in [-0.3, -0.25) is 4.79 Å². The molecule has 2 fully saturated rings. The number of rotatable bonds is 5. The summed E-state index contributed by atoms with van der Waals surface area (Å²) in [7, 11) is 0. The first-order valence-corrected chi connectivity index (χ1v) is 7.91. The topological polar surface area (TPSA) is 102 Å². The standard InChI is InChI=1S/C15H26N2O4/c16-10-15(6-8-21-9-7-15)14(20)17-12(13(18)19)11-4-2-1-3-5-11/h11-12H,1-10,16H2,(H,17,20)(H,18,19). The van der Waals surface area contributed by atoms with Crippen molar-refractivity contribution in [2.24, 2.45) is 17.1 Å². The molecular formula is C15H26N2O4. The largest absolute Gasteiger partial charge is 0.480 e. The van der Waals surface area contributed by atoms with Crippen molar-refractivity contribution in [1.82, 2.24) is 5.32 Å². The van der Waals surface area contributed by atoms with Gasteiger partial charge >= 0.3 is 5.97 Å². The molecule has 1 saturated heterocycles. The summed E-state index contributed by atoms with van der Waals surface area (Å²) in [4.78, 5) is 24.1. The molecule has 1 amide bonds. The van der Waals surface area contributed by atoms with Crippen LogP contribution >= 0.6 is 0 Å². The molecule has 21 heavy (non-hydrogen) atoms. The van der Waals surface area contributed by atoms with Crippen molar-refractivity contribution in [2.45, 2.75) is 51.0 Å². The van der Waals surface area contributed by atoms with Crippen molar-refractivity contribution >= 4 is 11.9 Å². The molecule has 1 heterocycles. The minimum Gasteiger partial charge on any atom is -0.480 e. The van der Waals surface area contributed by atoms with Gasteiger partial charge in [0, 0.05) is 19.8 Å². The molecule has 1 unspecified atom stereocenters. The van der Waals surface area contributed by atoms with Crippen LogP contribution in [0.2, 0.25) is 0 Å². The van der Waals surface area contributed by atoms with E-state index in [1.807, 2.05) is 0 Å². The molecule has 0 aromatic heterocycles. The van der Waals surface area contributed by atoms with Crippen LogP contribution in [0, 0.1) is 11.3 Å². The molecule has 4 N–H and O–H groups in total. The van der Waals surface area contributed by atoms with Gasteiger partial charge in [-0.05, 0) is 31.6 Å². The fourth-order valence-electron chi connectivity index (χ4n) is 3.43. The summed E-state index contributed by atoms with van der Waals surface area (Å²) in [6.07, 6.45) is 6.10. The van der Waals surface area contributed by atoms with Crippen molar-refractivity contribution in [1.29, 1.82) is 0 Å². The maximum absolute atomic E-state index is 12.6. The number of carbonyl (C=O) groups excluding carboxylic acids is 1. The molecule has 2 aliphatic rings. The Kier molecular flexibility index (Phi) is 5.58. The van der Waals surface area contributed by atoms with Crippen molar-refractivity contribution in [3.63, 3.8) is 0 Å². The van der Waals surface area contributed by atoms with Crippen molar-refractivity contribution < 1.29 is 19.4 Å². The number of nitrogens with one attached hydrogen (secondary N) is 1. The van der Waals surface area contributed by atoms with E-state index >= 15 is 0 Å². The lowest BCUT2D eigenvalue weighted by Gasteiger charge is -2.37. The summed E-state index contributed by atoms with van der Waals surface area (Å²) in [5.74, 6) is -1.12. The zero-order valence-electron chi connectivity index (χ0n) is 12.5. The number of hydrogen-bond acceptors (Lipinski definition) is 4. The third-order valence-corrected chi connectivity index (χ3v) is 5.00. The highest BCUT2D eigenvalue weighted by Gasteiger charge is 2.41. The first-order chi connectivity index (χ1) is 10.1. The first-order valence-electron chi connectivity index (χ1n) is 7.91. The first kappa shape index (κ1) is 16.2. The SMILES string of the molecule is NCC1(C(=O)NC(C(=O)O)C2CCCCC2)CCOCC1. The summed E-state index contributed by atoms with van der Waals surface area (Å²) in [5, 5.41) is 12.2. The molecule has 1 saturated carbocycles. The van der Waals surface area contributed by atoms with Crippen LogP contribution in [-0.2, 0) is 14.3 Å². The minimum absolute atomic E-state index is 0.0369. The Hall–Kier alpha value is -1.14. The van der Waals surface area contributed by atoms with Gasteiger partial charge in [0.1, 0.15) is 6.04 Å². The quantitative estimate of drug-likeness (QED) is 0.699. The van der Waals surface area contributed by atoms with Crippen molar-refractivity contribution in [2.75, 3.05) is 19.8 Å². The third kappa shape index (κ3) is 3.74. The highest BCUT2D eigenvalue weighted by Crippen LogP contribution is 2.31. The van der Waals surface area contributed by atoms with E-state index in [0.29, 0.717) is 26.1 Å². The molecule has 0 aromatic rings. The van der Waals surface area contributed by atoms with Crippen LogP contribution in [0.25, 0.3) is 0 Å². The average molecular weight is 298 g/mol. The van der Waals surface area contributed by atoms with Crippen LogP contribution in [0.1, 0.15) is 44.9 Å². The van der Waals surface area contributed by atoms with E-state index in [2.05, 4.69) is 5.32 Å². The smallest absolute Gasteiger partial charge is 0.326 e. The Labute approximate surface area is 125 Å².